The summed E-state index contributed by atoms with van der Waals surface area (Å²) in [5.41, 5.74) is -0.702. The zero-order chi connectivity index (χ0) is 14.7. The minimum Gasteiger partial charge on any atom is -0.365 e. The molecule has 1 unspecified atom stereocenters. The molecule has 1 saturated carbocycles. The van der Waals surface area contributed by atoms with Crippen LogP contribution in [0.15, 0.2) is 4.52 Å². The standard InChI is InChI=1S/C15H23N3O3/c1-15(8-5-9-20-15)14(19)16-10-12-17-13(18-21-12)11-6-3-2-4-7-11/h11H,2-10H2,1H3,(H,16,19). The van der Waals surface area contributed by atoms with Gasteiger partial charge in [-0.15, -0.1) is 0 Å². The van der Waals surface area contributed by atoms with E-state index in [1.54, 1.807) is 0 Å². The van der Waals surface area contributed by atoms with Crippen LogP contribution < -0.4 is 5.32 Å². The van der Waals surface area contributed by atoms with Crippen molar-refractivity contribution in [3.63, 3.8) is 0 Å². The summed E-state index contributed by atoms with van der Waals surface area (Å²) >= 11 is 0. The van der Waals surface area contributed by atoms with Gasteiger partial charge < -0.3 is 14.6 Å². The highest BCUT2D eigenvalue weighted by Crippen LogP contribution is 2.30. The SMILES string of the molecule is CC1(C(=O)NCc2nc(C3CCCCC3)no2)CCCO1. The summed E-state index contributed by atoms with van der Waals surface area (Å²) in [5.74, 6) is 1.59. The molecule has 1 aromatic heterocycles. The molecule has 0 spiro atoms. The zero-order valence-corrected chi connectivity index (χ0v) is 12.6. The molecule has 1 saturated heterocycles. The van der Waals surface area contributed by atoms with Crippen molar-refractivity contribution in [1.82, 2.24) is 15.5 Å². The van der Waals surface area contributed by atoms with Gasteiger partial charge >= 0.3 is 0 Å². The highest BCUT2D eigenvalue weighted by atomic mass is 16.5. The van der Waals surface area contributed by atoms with Gasteiger partial charge in [0.05, 0.1) is 6.54 Å². The monoisotopic (exact) mass is 293 g/mol. The van der Waals surface area contributed by atoms with E-state index < -0.39 is 5.60 Å². The zero-order valence-electron chi connectivity index (χ0n) is 12.6. The number of ether oxygens (including phenoxy) is 1. The summed E-state index contributed by atoms with van der Waals surface area (Å²) in [5, 5.41) is 6.90. The highest BCUT2D eigenvalue weighted by molar-refractivity contribution is 5.84. The van der Waals surface area contributed by atoms with Crippen LogP contribution in [0.4, 0.5) is 0 Å². The van der Waals surface area contributed by atoms with Crippen LogP contribution in [0.5, 0.6) is 0 Å². The predicted molar refractivity (Wildman–Crippen MR) is 75.6 cm³/mol. The fraction of sp³-hybridized carbons (Fsp3) is 0.800. The van der Waals surface area contributed by atoms with Crippen LogP contribution in [0, 0.1) is 0 Å². The first kappa shape index (κ1) is 14.5. The van der Waals surface area contributed by atoms with Crippen molar-refractivity contribution in [3.8, 4) is 0 Å². The Bertz CT molecular complexity index is 488. The van der Waals surface area contributed by atoms with Gasteiger partial charge in [-0.25, -0.2) is 0 Å². The Morgan fingerprint density at radius 1 is 1.33 bits per heavy atom. The van der Waals surface area contributed by atoms with Crippen LogP contribution >= 0.6 is 0 Å². The normalized spacial score (nSPS) is 26.9. The van der Waals surface area contributed by atoms with Gasteiger partial charge in [-0.1, -0.05) is 24.4 Å². The number of nitrogens with one attached hydrogen (secondary N) is 1. The number of hydrogen-bond donors (Lipinski definition) is 1. The molecular weight excluding hydrogens is 270 g/mol. The molecule has 6 heteroatoms. The third-order valence-electron chi connectivity index (χ3n) is 4.55. The smallest absolute Gasteiger partial charge is 0.252 e. The molecule has 0 bridgehead atoms. The van der Waals surface area contributed by atoms with Crippen molar-refractivity contribution >= 4 is 5.91 Å². The van der Waals surface area contributed by atoms with Crippen molar-refractivity contribution in [2.75, 3.05) is 6.61 Å². The average Bonchev–Trinajstić information content (AvgIpc) is 3.15. The molecule has 2 heterocycles. The van der Waals surface area contributed by atoms with E-state index in [4.69, 9.17) is 9.26 Å². The molecule has 21 heavy (non-hydrogen) atoms. The number of aromatic nitrogens is 2. The van der Waals surface area contributed by atoms with Crippen molar-refractivity contribution in [3.05, 3.63) is 11.7 Å². The van der Waals surface area contributed by atoms with Crippen molar-refractivity contribution in [2.24, 2.45) is 0 Å². The van der Waals surface area contributed by atoms with Gasteiger partial charge in [0.15, 0.2) is 5.82 Å². The molecular formula is C15H23N3O3. The van der Waals surface area contributed by atoms with Crippen LogP contribution in [0.2, 0.25) is 0 Å². The van der Waals surface area contributed by atoms with Gasteiger partial charge in [0, 0.05) is 12.5 Å². The maximum absolute atomic E-state index is 12.1. The lowest BCUT2D eigenvalue weighted by atomic mass is 9.89. The van der Waals surface area contributed by atoms with Crippen LogP contribution in [0.3, 0.4) is 0 Å². The number of carbonyl (C=O) groups is 1. The molecule has 116 valence electrons. The molecule has 1 aliphatic carbocycles. The topological polar surface area (TPSA) is 77.3 Å². The molecule has 6 nitrogen and oxygen atoms in total. The molecule has 2 fully saturated rings. The van der Waals surface area contributed by atoms with E-state index in [2.05, 4.69) is 15.5 Å². The molecule has 1 aromatic rings. The van der Waals surface area contributed by atoms with E-state index in [1.807, 2.05) is 6.92 Å². The number of amides is 1. The molecule has 1 aliphatic heterocycles. The van der Waals surface area contributed by atoms with E-state index in [0.29, 0.717) is 18.4 Å². The third kappa shape index (κ3) is 3.26. The number of rotatable bonds is 4. The molecule has 1 amide bonds. The van der Waals surface area contributed by atoms with Crippen molar-refractivity contribution in [2.45, 2.75) is 69.9 Å². The Balaban J connectivity index is 1.53. The summed E-state index contributed by atoms with van der Waals surface area (Å²) in [7, 11) is 0. The summed E-state index contributed by atoms with van der Waals surface area (Å²) < 4.78 is 10.8. The summed E-state index contributed by atoms with van der Waals surface area (Å²) in [6, 6.07) is 0. The van der Waals surface area contributed by atoms with Crippen LogP contribution in [-0.2, 0) is 16.1 Å². The van der Waals surface area contributed by atoms with Gasteiger partial charge in [0.1, 0.15) is 5.60 Å². The van der Waals surface area contributed by atoms with Crippen molar-refractivity contribution < 1.29 is 14.1 Å². The Morgan fingerprint density at radius 2 is 2.14 bits per heavy atom. The van der Waals surface area contributed by atoms with Crippen LogP contribution in [0.25, 0.3) is 0 Å². The summed E-state index contributed by atoms with van der Waals surface area (Å²) in [6.07, 6.45) is 7.73. The minimum absolute atomic E-state index is 0.0996. The maximum atomic E-state index is 12.1. The second kappa shape index (κ2) is 6.13. The number of carbonyl (C=O) groups excluding carboxylic acids is 1. The molecule has 0 radical (unpaired) electrons. The maximum Gasteiger partial charge on any atom is 0.252 e. The first-order valence-corrected chi connectivity index (χ1v) is 7.92. The average molecular weight is 293 g/mol. The summed E-state index contributed by atoms with van der Waals surface area (Å²) in [6.45, 7) is 2.75. The molecule has 0 aromatic carbocycles. The minimum atomic E-state index is -0.702. The largest absolute Gasteiger partial charge is 0.365 e. The van der Waals surface area contributed by atoms with E-state index >= 15 is 0 Å². The quantitative estimate of drug-likeness (QED) is 0.921. The van der Waals surface area contributed by atoms with Gasteiger partial charge in [-0.3, -0.25) is 4.79 Å². The van der Waals surface area contributed by atoms with Gasteiger partial charge in [0.25, 0.3) is 5.91 Å². The fourth-order valence-electron chi connectivity index (χ4n) is 3.17. The summed E-state index contributed by atoms with van der Waals surface area (Å²) in [4.78, 5) is 16.5. The first-order valence-electron chi connectivity index (χ1n) is 7.92. The Kier molecular flexibility index (Phi) is 4.24. The van der Waals surface area contributed by atoms with Crippen LogP contribution in [-0.4, -0.2) is 28.3 Å². The Morgan fingerprint density at radius 3 is 2.86 bits per heavy atom. The second-order valence-corrected chi connectivity index (χ2v) is 6.25. The molecule has 2 aliphatic rings. The number of nitrogens with zero attached hydrogens (tertiary/aromatic N) is 2. The lowest BCUT2D eigenvalue weighted by Gasteiger charge is -2.21. The van der Waals surface area contributed by atoms with Gasteiger partial charge in [-0.2, -0.15) is 4.98 Å². The van der Waals surface area contributed by atoms with Crippen LogP contribution in [0.1, 0.15) is 69.5 Å². The lowest BCUT2D eigenvalue weighted by Crippen LogP contribution is -2.43. The van der Waals surface area contributed by atoms with E-state index in [1.165, 1.54) is 19.3 Å². The third-order valence-corrected chi connectivity index (χ3v) is 4.55. The van der Waals surface area contributed by atoms with Crippen molar-refractivity contribution in [1.29, 1.82) is 0 Å². The molecule has 1 N–H and O–H groups in total. The van der Waals surface area contributed by atoms with Gasteiger partial charge in [0.2, 0.25) is 5.89 Å². The molecule has 3 rings (SSSR count). The molecule has 1 atom stereocenters. The van der Waals surface area contributed by atoms with E-state index in [0.717, 1.165) is 31.5 Å². The number of hydrogen-bond acceptors (Lipinski definition) is 5. The predicted octanol–water partition coefficient (Wildman–Crippen LogP) is 2.30. The highest BCUT2D eigenvalue weighted by Gasteiger charge is 2.37. The lowest BCUT2D eigenvalue weighted by molar-refractivity contribution is -0.139. The second-order valence-electron chi connectivity index (χ2n) is 6.25. The van der Waals surface area contributed by atoms with Gasteiger partial charge in [-0.05, 0) is 32.6 Å². The fourth-order valence-corrected chi connectivity index (χ4v) is 3.17. The van der Waals surface area contributed by atoms with E-state index in [9.17, 15) is 4.79 Å². The first-order chi connectivity index (χ1) is 10.2. The Labute approximate surface area is 124 Å². The van der Waals surface area contributed by atoms with E-state index in [-0.39, 0.29) is 12.5 Å². The Hall–Kier alpha value is -1.43.